The third kappa shape index (κ3) is 5.77. The van der Waals surface area contributed by atoms with Crippen LogP contribution in [0.5, 0.6) is 5.75 Å². The molecule has 0 aromatic heterocycles. The Bertz CT molecular complexity index is 292. The lowest BCUT2D eigenvalue weighted by Gasteiger charge is -2.12. The first-order valence-corrected chi connectivity index (χ1v) is 7.51. The van der Waals surface area contributed by atoms with Crippen molar-refractivity contribution in [3.63, 3.8) is 0 Å². The van der Waals surface area contributed by atoms with Gasteiger partial charge in [0, 0.05) is 22.8 Å². The van der Waals surface area contributed by atoms with Gasteiger partial charge in [0.2, 0.25) is 0 Å². The molecule has 90 valence electrons. The van der Waals surface area contributed by atoms with Crippen LogP contribution in [0.25, 0.3) is 0 Å². The Morgan fingerprint density at radius 1 is 1.38 bits per heavy atom. The molecule has 4 heteroatoms. The highest BCUT2D eigenvalue weighted by Crippen LogP contribution is 2.15. The summed E-state index contributed by atoms with van der Waals surface area (Å²) in [5, 5.41) is 3.41. The van der Waals surface area contributed by atoms with Gasteiger partial charge < -0.3 is 10.1 Å². The van der Waals surface area contributed by atoms with Gasteiger partial charge in [-0.3, -0.25) is 0 Å². The molecule has 0 aliphatic carbocycles. The predicted octanol–water partition coefficient (Wildman–Crippen LogP) is 3.17. The molecular weight excluding hydrogens is 286 g/mol. The summed E-state index contributed by atoms with van der Waals surface area (Å²) in [6, 6.07) is 8.45. The highest BCUT2D eigenvalue weighted by molar-refractivity contribution is 9.10. The molecule has 1 atom stereocenters. The Morgan fingerprint density at radius 3 is 2.69 bits per heavy atom. The van der Waals surface area contributed by atoms with Crippen molar-refractivity contribution in [1.82, 2.24) is 5.32 Å². The monoisotopic (exact) mass is 303 g/mol. The lowest BCUT2D eigenvalue weighted by Crippen LogP contribution is -2.31. The zero-order valence-corrected chi connectivity index (χ0v) is 12.1. The molecule has 0 spiro atoms. The number of rotatable bonds is 7. The van der Waals surface area contributed by atoms with Crippen LogP contribution in [-0.4, -0.2) is 31.2 Å². The van der Waals surface area contributed by atoms with Crippen LogP contribution in [0.2, 0.25) is 0 Å². The molecule has 0 aliphatic heterocycles. The fourth-order valence-corrected chi connectivity index (χ4v) is 2.20. The molecule has 0 saturated carbocycles. The molecule has 1 aromatic rings. The Kier molecular flexibility index (Phi) is 6.92. The standard InChI is InChI=1S/C12H18BrNOS/c1-10(9-16-2)14-7-8-15-12-5-3-11(13)4-6-12/h3-6,10,14H,7-9H2,1-2H3. The van der Waals surface area contributed by atoms with Crippen molar-refractivity contribution in [3.8, 4) is 5.75 Å². The van der Waals surface area contributed by atoms with Crippen molar-refractivity contribution in [2.75, 3.05) is 25.2 Å². The number of thioether (sulfide) groups is 1. The van der Waals surface area contributed by atoms with E-state index in [1.54, 1.807) is 0 Å². The van der Waals surface area contributed by atoms with Gasteiger partial charge >= 0.3 is 0 Å². The highest BCUT2D eigenvalue weighted by atomic mass is 79.9. The molecule has 0 saturated heterocycles. The smallest absolute Gasteiger partial charge is 0.119 e. The number of nitrogens with one attached hydrogen (secondary N) is 1. The zero-order chi connectivity index (χ0) is 11.8. The summed E-state index contributed by atoms with van der Waals surface area (Å²) in [5.74, 6) is 2.06. The molecule has 16 heavy (non-hydrogen) atoms. The zero-order valence-electron chi connectivity index (χ0n) is 9.70. The maximum Gasteiger partial charge on any atom is 0.119 e. The quantitative estimate of drug-likeness (QED) is 0.782. The van der Waals surface area contributed by atoms with E-state index in [2.05, 4.69) is 34.4 Å². The molecule has 1 N–H and O–H groups in total. The predicted molar refractivity (Wildman–Crippen MR) is 75.5 cm³/mol. The average molecular weight is 304 g/mol. The maximum atomic E-state index is 5.60. The second-order valence-electron chi connectivity index (χ2n) is 3.61. The molecule has 0 aliphatic rings. The van der Waals surface area contributed by atoms with Crippen molar-refractivity contribution in [1.29, 1.82) is 0 Å². The lowest BCUT2D eigenvalue weighted by atomic mass is 10.3. The summed E-state index contributed by atoms with van der Waals surface area (Å²) in [7, 11) is 0. The SMILES string of the molecule is CSCC(C)NCCOc1ccc(Br)cc1. The summed E-state index contributed by atoms with van der Waals surface area (Å²) in [5.41, 5.74) is 0. The maximum absolute atomic E-state index is 5.60. The molecule has 1 aromatic carbocycles. The Hall–Kier alpha value is -0.190. The van der Waals surface area contributed by atoms with Gasteiger partial charge in [0.05, 0.1) is 0 Å². The molecule has 0 bridgehead atoms. The number of ether oxygens (including phenoxy) is 1. The van der Waals surface area contributed by atoms with Crippen LogP contribution in [0.4, 0.5) is 0 Å². The van der Waals surface area contributed by atoms with Gasteiger partial charge in [0.15, 0.2) is 0 Å². The third-order valence-electron chi connectivity index (χ3n) is 2.09. The minimum absolute atomic E-state index is 0.545. The van der Waals surface area contributed by atoms with Crippen molar-refractivity contribution >= 4 is 27.7 Å². The van der Waals surface area contributed by atoms with Crippen LogP contribution in [0.15, 0.2) is 28.7 Å². The molecule has 0 fully saturated rings. The molecule has 2 nitrogen and oxygen atoms in total. The van der Waals surface area contributed by atoms with Gasteiger partial charge in [-0.1, -0.05) is 15.9 Å². The second kappa shape index (κ2) is 7.98. The van der Waals surface area contributed by atoms with Crippen molar-refractivity contribution < 1.29 is 4.74 Å². The van der Waals surface area contributed by atoms with E-state index in [0.717, 1.165) is 22.5 Å². The first kappa shape index (κ1) is 13.9. The molecule has 1 unspecified atom stereocenters. The van der Waals surface area contributed by atoms with E-state index >= 15 is 0 Å². The molecular formula is C12H18BrNOS. The average Bonchev–Trinajstić information content (AvgIpc) is 2.27. The van der Waals surface area contributed by atoms with Crippen molar-refractivity contribution in [2.45, 2.75) is 13.0 Å². The highest BCUT2D eigenvalue weighted by Gasteiger charge is 1.99. The summed E-state index contributed by atoms with van der Waals surface area (Å²) in [4.78, 5) is 0. The first-order valence-electron chi connectivity index (χ1n) is 5.33. The second-order valence-corrected chi connectivity index (χ2v) is 5.44. The molecule has 0 radical (unpaired) electrons. The van der Waals surface area contributed by atoms with Crippen LogP contribution in [0.3, 0.4) is 0 Å². The van der Waals surface area contributed by atoms with E-state index in [1.807, 2.05) is 36.0 Å². The normalized spacial score (nSPS) is 12.4. The lowest BCUT2D eigenvalue weighted by molar-refractivity contribution is 0.309. The van der Waals surface area contributed by atoms with Gasteiger partial charge in [0.25, 0.3) is 0 Å². The van der Waals surface area contributed by atoms with E-state index in [4.69, 9.17) is 4.74 Å². The van der Waals surface area contributed by atoms with E-state index in [9.17, 15) is 0 Å². The van der Waals surface area contributed by atoms with Gasteiger partial charge in [-0.15, -0.1) is 0 Å². The Balaban J connectivity index is 2.13. The third-order valence-corrected chi connectivity index (χ3v) is 3.46. The summed E-state index contributed by atoms with van der Waals surface area (Å²) in [6.45, 7) is 3.79. The van der Waals surface area contributed by atoms with Crippen LogP contribution in [0.1, 0.15) is 6.92 Å². The molecule has 0 amide bonds. The largest absolute Gasteiger partial charge is 0.492 e. The number of hydrogen-bond donors (Lipinski definition) is 1. The fraction of sp³-hybridized carbons (Fsp3) is 0.500. The first-order chi connectivity index (χ1) is 7.72. The van der Waals surface area contributed by atoms with Crippen molar-refractivity contribution in [3.05, 3.63) is 28.7 Å². The summed E-state index contributed by atoms with van der Waals surface area (Å²) < 4.78 is 6.67. The topological polar surface area (TPSA) is 21.3 Å². The van der Waals surface area contributed by atoms with Crippen LogP contribution >= 0.6 is 27.7 Å². The van der Waals surface area contributed by atoms with Gasteiger partial charge in [-0.05, 0) is 37.4 Å². The van der Waals surface area contributed by atoms with E-state index in [1.165, 1.54) is 0 Å². The van der Waals surface area contributed by atoms with E-state index in [0.29, 0.717) is 12.6 Å². The number of benzene rings is 1. The molecule has 1 rings (SSSR count). The number of halogens is 1. The van der Waals surface area contributed by atoms with Crippen LogP contribution < -0.4 is 10.1 Å². The van der Waals surface area contributed by atoms with Gasteiger partial charge in [0.1, 0.15) is 12.4 Å². The number of hydrogen-bond acceptors (Lipinski definition) is 3. The minimum Gasteiger partial charge on any atom is -0.492 e. The van der Waals surface area contributed by atoms with Gasteiger partial charge in [-0.2, -0.15) is 11.8 Å². The minimum atomic E-state index is 0.545. The summed E-state index contributed by atoms with van der Waals surface area (Å²) >= 11 is 5.25. The van der Waals surface area contributed by atoms with E-state index < -0.39 is 0 Å². The Morgan fingerprint density at radius 2 is 2.06 bits per heavy atom. The van der Waals surface area contributed by atoms with E-state index in [-0.39, 0.29) is 0 Å². The fourth-order valence-electron chi connectivity index (χ4n) is 1.31. The summed E-state index contributed by atoms with van der Waals surface area (Å²) in [6.07, 6.45) is 2.12. The van der Waals surface area contributed by atoms with Gasteiger partial charge in [-0.25, -0.2) is 0 Å². The van der Waals surface area contributed by atoms with Crippen LogP contribution in [-0.2, 0) is 0 Å². The van der Waals surface area contributed by atoms with Crippen LogP contribution in [0, 0.1) is 0 Å². The Labute approximate surface area is 110 Å². The molecule has 0 heterocycles. The van der Waals surface area contributed by atoms with Crippen molar-refractivity contribution in [2.24, 2.45) is 0 Å².